The minimum absolute atomic E-state index is 0. The fourth-order valence-corrected chi connectivity index (χ4v) is 3.66. The Balaban J connectivity index is 0.00000363. The maximum absolute atomic E-state index is 13.1. The Hall–Kier alpha value is -2.31. The number of nitrogens with zero attached hydrogens (tertiary/aromatic N) is 4. The SMILES string of the molecule is CN=C(NCc1cn(C)nc1C(F)(F)F)NCC1CC(=O)N(CCc2ccccc2)C1.I. The van der Waals surface area contributed by atoms with Crippen LogP contribution < -0.4 is 10.6 Å². The Labute approximate surface area is 202 Å². The Morgan fingerprint density at radius 3 is 2.62 bits per heavy atom. The van der Waals surface area contributed by atoms with Gasteiger partial charge in [0.15, 0.2) is 11.7 Å². The number of halogens is 4. The predicted molar refractivity (Wildman–Crippen MR) is 127 cm³/mol. The maximum atomic E-state index is 13.1. The number of benzene rings is 1. The average molecular weight is 564 g/mol. The molecule has 176 valence electrons. The number of hydrogen-bond acceptors (Lipinski definition) is 3. The number of aliphatic imine (C=N–C) groups is 1. The van der Waals surface area contributed by atoms with Gasteiger partial charge in [-0.05, 0) is 12.0 Å². The van der Waals surface area contributed by atoms with E-state index in [0.717, 1.165) is 11.1 Å². The standard InChI is InChI=1S/C21H27F3N6O.HI/c1-25-20(27-12-17-14-29(2)28-19(17)21(22,23)24)26-11-16-10-18(31)30(13-16)9-8-15-6-4-3-5-7-15;/h3-7,14,16H,8-13H2,1-2H3,(H2,25,26,27);1H. The van der Waals surface area contributed by atoms with Gasteiger partial charge >= 0.3 is 6.18 Å². The van der Waals surface area contributed by atoms with E-state index in [4.69, 9.17) is 0 Å². The molecule has 0 bridgehead atoms. The van der Waals surface area contributed by atoms with Gasteiger partial charge in [-0.15, -0.1) is 24.0 Å². The summed E-state index contributed by atoms with van der Waals surface area (Å²) in [5.41, 5.74) is 0.324. The molecule has 2 aromatic rings. The van der Waals surface area contributed by atoms with E-state index in [0.29, 0.717) is 32.0 Å². The number of aryl methyl sites for hydroxylation is 1. The summed E-state index contributed by atoms with van der Waals surface area (Å²) < 4.78 is 40.4. The smallest absolute Gasteiger partial charge is 0.356 e. The molecule has 7 nitrogen and oxygen atoms in total. The van der Waals surface area contributed by atoms with Crippen molar-refractivity contribution >= 4 is 35.8 Å². The number of aromatic nitrogens is 2. The van der Waals surface area contributed by atoms with Gasteiger partial charge in [0.2, 0.25) is 5.91 Å². The summed E-state index contributed by atoms with van der Waals surface area (Å²) >= 11 is 0. The molecule has 1 amide bonds. The molecule has 1 aromatic carbocycles. The molecule has 1 aromatic heterocycles. The quantitative estimate of drug-likeness (QED) is 0.308. The van der Waals surface area contributed by atoms with Gasteiger partial charge in [0.05, 0.1) is 0 Å². The minimum Gasteiger partial charge on any atom is -0.356 e. The maximum Gasteiger partial charge on any atom is 0.435 e. The number of nitrogens with one attached hydrogen (secondary N) is 2. The van der Waals surface area contributed by atoms with E-state index < -0.39 is 11.9 Å². The number of rotatable bonds is 7. The third-order valence-corrected chi connectivity index (χ3v) is 5.21. The molecule has 11 heteroatoms. The highest BCUT2D eigenvalue weighted by Crippen LogP contribution is 2.30. The molecule has 1 aliphatic rings. The van der Waals surface area contributed by atoms with Gasteiger partial charge in [0.1, 0.15) is 0 Å². The third kappa shape index (κ3) is 7.10. The Morgan fingerprint density at radius 1 is 1.25 bits per heavy atom. The third-order valence-electron chi connectivity index (χ3n) is 5.21. The molecular formula is C21H28F3IN6O. The molecule has 2 N–H and O–H groups in total. The summed E-state index contributed by atoms with van der Waals surface area (Å²) in [6.07, 6.45) is -1.92. The van der Waals surface area contributed by atoms with Gasteiger partial charge in [-0.1, -0.05) is 30.3 Å². The first-order valence-electron chi connectivity index (χ1n) is 10.1. The molecule has 32 heavy (non-hydrogen) atoms. The molecule has 2 heterocycles. The zero-order valence-corrected chi connectivity index (χ0v) is 20.4. The van der Waals surface area contributed by atoms with E-state index in [1.165, 1.54) is 18.8 Å². The van der Waals surface area contributed by atoms with Crippen molar-refractivity contribution in [2.75, 3.05) is 26.7 Å². The largest absolute Gasteiger partial charge is 0.435 e. The van der Waals surface area contributed by atoms with Gasteiger partial charge in [-0.3, -0.25) is 14.5 Å². The Bertz CT molecular complexity index is 916. The number of carbonyl (C=O) groups is 1. The lowest BCUT2D eigenvalue weighted by Crippen LogP contribution is -2.40. The number of likely N-dealkylation sites (tertiary alicyclic amines) is 1. The first-order valence-corrected chi connectivity index (χ1v) is 10.1. The first kappa shape index (κ1) is 25.9. The summed E-state index contributed by atoms with van der Waals surface area (Å²) in [4.78, 5) is 18.2. The van der Waals surface area contributed by atoms with Crippen molar-refractivity contribution in [1.29, 1.82) is 0 Å². The van der Waals surface area contributed by atoms with Crippen LogP contribution in [0.2, 0.25) is 0 Å². The van der Waals surface area contributed by atoms with Gasteiger partial charge < -0.3 is 15.5 Å². The van der Waals surface area contributed by atoms with Gasteiger partial charge in [-0.2, -0.15) is 18.3 Å². The Morgan fingerprint density at radius 2 is 1.97 bits per heavy atom. The van der Waals surface area contributed by atoms with Crippen molar-refractivity contribution in [3.63, 3.8) is 0 Å². The van der Waals surface area contributed by atoms with Crippen molar-refractivity contribution < 1.29 is 18.0 Å². The van der Waals surface area contributed by atoms with Crippen molar-refractivity contribution in [3.05, 3.63) is 53.3 Å². The van der Waals surface area contributed by atoms with E-state index in [-0.39, 0.29) is 47.9 Å². The highest BCUT2D eigenvalue weighted by Gasteiger charge is 2.36. The van der Waals surface area contributed by atoms with Crippen LogP contribution in [0, 0.1) is 5.92 Å². The van der Waals surface area contributed by atoms with Crippen LogP contribution in [0.1, 0.15) is 23.2 Å². The van der Waals surface area contributed by atoms with Crippen LogP contribution in [0.4, 0.5) is 13.2 Å². The number of hydrogen-bond donors (Lipinski definition) is 2. The molecule has 3 rings (SSSR count). The molecule has 0 radical (unpaired) electrons. The molecule has 1 saturated heterocycles. The van der Waals surface area contributed by atoms with Crippen LogP contribution in [-0.4, -0.2) is 53.2 Å². The van der Waals surface area contributed by atoms with Gasteiger partial charge in [0, 0.05) is 64.4 Å². The molecular weight excluding hydrogens is 536 g/mol. The lowest BCUT2D eigenvalue weighted by molar-refractivity contribution is -0.142. The normalized spacial score (nSPS) is 16.8. The molecule has 0 aliphatic carbocycles. The Kier molecular flexibility index (Phi) is 9.34. The van der Waals surface area contributed by atoms with Crippen LogP contribution in [0.3, 0.4) is 0 Å². The summed E-state index contributed by atoms with van der Waals surface area (Å²) in [6.45, 7) is 1.77. The second kappa shape index (κ2) is 11.5. The van der Waals surface area contributed by atoms with Crippen molar-refractivity contribution in [2.24, 2.45) is 18.0 Å². The first-order chi connectivity index (χ1) is 14.8. The van der Waals surface area contributed by atoms with Gasteiger partial charge in [-0.25, -0.2) is 0 Å². The van der Waals surface area contributed by atoms with Gasteiger partial charge in [0.25, 0.3) is 0 Å². The summed E-state index contributed by atoms with van der Waals surface area (Å²) in [6, 6.07) is 10.0. The highest BCUT2D eigenvalue weighted by molar-refractivity contribution is 14.0. The van der Waals surface area contributed by atoms with Crippen LogP contribution in [-0.2, 0) is 31.0 Å². The number of amides is 1. The second-order valence-electron chi connectivity index (χ2n) is 7.63. The van der Waals surface area contributed by atoms with Crippen LogP contribution in [0.5, 0.6) is 0 Å². The zero-order chi connectivity index (χ0) is 22.4. The molecule has 0 saturated carbocycles. The molecule has 1 fully saturated rings. The number of guanidine groups is 1. The molecule has 1 unspecified atom stereocenters. The van der Waals surface area contributed by atoms with Crippen molar-refractivity contribution in [2.45, 2.75) is 25.6 Å². The molecule has 1 atom stereocenters. The monoisotopic (exact) mass is 564 g/mol. The van der Waals surface area contributed by atoms with E-state index in [1.54, 1.807) is 7.05 Å². The second-order valence-corrected chi connectivity index (χ2v) is 7.63. The zero-order valence-electron chi connectivity index (χ0n) is 18.0. The number of alkyl halides is 3. The number of carbonyl (C=O) groups excluding carboxylic acids is 1. The molecule has 0 spiro atoms. The minimum atomic E-state index is -4.51. The van der Waals surface area contributed by atoms with E-state index in [1.807, 2.05) is 35.2 Å². The average Bonchev–Trinajstić information content (AvgIpc) is 3.29. The summed E-state index contributed by atoms with van der Waals surface area (Å²) in [5.74, 6) is 0.619. The lowest BCUT2D eigenvalue weighted by Gasteiger charge is -2.18. The van der Waals surface area contributed by atoms with Crippen molar-refractivity contribution in [1.82, 2.24) is 25.3 Å². The summed E-state index contributed by atoms with van der Waals surface area (Å²) in [5, 5.41) is 9.50. The fourth-order valence-electron chi connectivity index (χ4n) is 3.66. The van der Waals surface area contributed by atoms with E-state index in [9.17, 15) is 18.0 Å². The topological polar surface area (TPSA) is 74.5 Å². The molecule has 1 aliphatic heterocycles. The summed E-state index contributed by atoms with van der Waals surface area (Å²) in [7, 11) is 3.00. The van der Waals surface area contributed by atoms with E-state index >= 15 is 0 Å². The van der Waals surface area contributed by atoms with Crippen LogP contribution >= 0.6 is 24.0 Å². The van der Waals surface area contributed by atoms with E-state index in [2.05, 4.69) is 20.7 Å². The highest BCUT2D eigenvalue weighted by atomic mass is 127. The predicted octanol–water partition coefficient (Wildman–Crippen LogP) is 2.81. The fraction of sp³-hybridized carbons (Fsp3) is 0.476. The van der Waals surface area contributed by atoms with Crippen molar-refractivity contribution in [3.8, 4) is 0 Å². The van der Waals surface area contributed by atoms with Crippen LogP contribution in [0.15, 0.2) is 41.5 Å². The lowest BCUT2D eigenvalue weighted by atomic mass is 10.1. The van der Waals surface area contributed by atoms with Crippen LogP contribution in [0.25, 0.3) is 0 Å².